The summed E-state index contributed by atoms with van der Waals surface area (Å²) in [5.74, 6) is 0.524. The minimum absolute atomic E-state index is 0.524. The Morgan fingerprint density at radius 3 is 2.91 bits per heavy atom. The maximum atomic E-state index is 4.00. The Morgan fingerprint density at radius 1 is 1.55 bits per heavy atom. The summed E-state index contributed by atoms with van der Waals surface area (Å²) in [6.45, 7) is 6.02. The molecule has 1 atom stereocenters. The molecule has 1 unspecified atom stereocenters. The average molecular weight is 146 g/mol. The summed E-state index contributed by atoms with van der Waals surface area (Å²) in [6.07, 6.45) is 13.8. The van der Waals surface area contributed by atoms with Crippen molar-refractivity contribution in [3.05, 3.63) is 48.6 Å². The molecule has 0 amide bonds. The fraction of sp³-hybridized carbons (Fsp3) is 0.273. The van der Waals surface area contributed by atoms with Gasteiger partial charge in [0.2, 0.25) is 0 Å². The summed E-state index contributed by atoms with van der Waals surface area (Å²) in [5, 5.41) is 0. The summed E-state index contributed by atoms with van der Waals surface area (Å²) in [5.41, 5.74) is 1.20. The van der Waals surface area contributed by atoms with Gasteiger partial charge in [-0.2, -0.15) is 0 Å². The van der Waals surface area contributed by atoms with Gasteiger partial charge in [0, 0.05) is 5.92 Å². The van der Waals surface area contributed by atoms with E-state index in [0.29, 0.717) is 5.92 Å². The molecule has 58 valence electrons. The number of hydrogen-bond acceptors (Lipinski definition) is 0. The average Bonchev–Trinajstić information content (AvgIpc) is 2.07. The molecule has 0 spiro atoms. The molecule has 0 aromatic carbocycles. The van der Waals surface area contributed by atoms with Gasteiger partial charge in [0.1, 0.15) is 0 Å². The lowest BCUT2D eigenvalue weighted by molar-refractivity contribution is 0.790. The summed E-state index contributed by atoms with van der Waals surface area (Å²) in [4.78, 5) is 0. The third-order valence-corrected chi connectivity index (χ3v) is 1.84. The van der Waals surface area contributed by atoms with E-state index in [4.69, 9.17) is 0 Å². The molecule has 1 aliphatic rings. The van der Waals surface area contributed by atoms with Crippen molar-refractivity contribution in [1.29, 1.82) is 0 Å². The molecule has 0 heteroatoms. The molecule has 0 aliphatic heterocycles. The van der Waals surface area contributed by atoms with Gasteiger partial charge in [-0.1, -0.05) is 43.0 Å². The highest BCUT2D eigenvalue weighted by molar-refractivity contribution is 5.26. The van der Waals surface area contributed by atoms with Gasteiger partial charge in [-0.15, -0.1) is 0 Å². The molecule has 1 rings (SSSR count). The summed E-state index contributed by atoms with van der Waals surface area (Å²) in [6, 6.07) is 0. The molecule has 0 N–H and O–H groups in total. The lowest BCUT2D eigenvalue weighted by atomic mass is 9.93. The molecule has 0 radical (unpaired) electrons. The fourth-order valence-corrected chi connectivity index (χ4v) is 1.19. The Balaban J connectivity index is 2.55. The van der Waals surface area contributed by atoms with Crippen LogP contribution in [0.3, 0.4) is 0 Å². The van der Waals surface area contributed by atoms with E-state index in [-0.39, 0.29) is 0 Å². The molecule has 0 saturated carbocycles. The minimum atomic E-state index is 0.524. The van der Waals surface area contributed by atoms with Gasteiger partial charge in [0.25, 0.3) is 0 Å². The van der Waals surface area contributed by atoms with E-state index in [1.54, 1.807) is 0 Å². The van der Waals surface area contributed by atoms with Crippen LogP contribution in [0.15, 0.2) is 48.6 Å². The van der Waals surface area contributed by atoms with Crippen LogP contribution < -0.4 is 0 Å². The smallest absolute Gasteiger partial charge is 0.00497 e. The predicted octanol–water partition coefficient (Wildman–Crippen LogP) is 3.25. The van der Waals surface area contributed by atoms with E-state index in [0.717, 1.165) is 6.42 Å². The van der Waals surface area contributed by atoms with Crippen molar-refractivity contribution >= 4 is 0 Å². The molecule has 0 heterocycles. The number of rotatable bonds is 2. The Morgan fingerprint density at radius 2 is 2.36 bits per heavy atom. The standard InChI is InChI=1S/C11H14/c1-3-7-10(2)11-8-5-4-6-9-11/h3-8,11H,2,9H2,1H3/b7-3-. The highest BCUT2D eigenvalue weighted by Gasteiger charge is 2.05. The van der Waals surface area contributed by atoms with E-state index in [2.05, 4.69) is 37.0 Å². The van der Waals surface area contributed by atoms with Crippen molar-refractivity contribution in [1.82, 2.24) is 0 Å². The predicted molar refractivity (Wildman–Crippen MR) is 50.3 cm³/mol. The third-order valence-electron chi connectivity index (χ3n) is 1.84. The Kier molecular flexibility index (Phi) is 2.91. The van der Waals surface area contributed by atoms with Gasteiger partial charge in [0.05, 0.1) is 0 Å². The SMILES string of the molecule is C=C(/C=C\C)C1C=CC=CC1. The van der Waals surface area contributed by atoms with E-state index in [1.165, 1.54) is 5.57 Å². The molecule has 0 bridgehead atoms. The zero-order chi connectivity index (χ0) is 8.10. The highest BCUT2D eigenvalue weighted by atomic mass is 14.1. The first-order valence-corrected chi connectivity index (χ1v) is 3.99. The first-order chi connectivity index (χ1) is 5.34. The Hall–Kier alpha value is -1.04. The molecule has 0 nitrogen and oxygen atoms in total. The van der Waals surface area contributed by atoms with E-state index < -0.39 is 0 Å². The second kappa shape index (κ2) is 3.97. The fourth-order valence-electron chi connectivity index (χ4n) is 1.19. The molecule has 0 saturated heterocycles. The monoisotopic (exact) mass is 146 g/mol. The van der Waals surface area contributed by atoms with Gasteiger partial charge in [-0.05, 0) is 18.9 Å². The van der Waals surface area contributed by atoms with Crippen molar-refractivity contribution in [3.8, 4) is 0 Å². The second-order valence-corrected chi connectivity index (χ2v) is 2.73. The normalized spacial score (nSPS) is 22.8. The van der Waals surface area contributed by atoms with Crippen molar-refractivity contribution in [2.75, 3.05) is 0 Å². The van der Waals surface area contributed by atoms with Crippen molar-refractivity contribution in [3.63, 3.8) is 0 Å². The lowest BCUT2D eigenvalue weighted by Gasteiger charge is -2.12. The third kappa shape index (κ3) is 2.23. The van der Waals surface area contributed by atoms with Gasteiger partial charge >= 0.3 is 0 Å². The minimum Gasteiger partial charge on any atom is -0.0952 e. The molecule has 0 aromatic heterocycles. The van der Waals surface area contributed by atoms with E-state index in [1.807, 2.05) is 13.0 Å². The summed E-state index contributed by atoms with van der Waals surface area (Å²) < 4.78 is 0. The maximum Gasteiger partial charge on any atom is 0.00497 e. The Labute approximate surface area is 68.6 Å². The van der Waals surface area contributed by atoms with Crippen LogP contribution in [0.25, 0.3) is 0 Å². The van der Waals surface area contributed by atoms with Gasteiger partial charge in [0.15, 0.2) is 0 Å². The first-order valence-electron chi connectivity index (χ1n) is 3.99. The number of hydrogen-bond donors (Lipinski definition) is 0. The van der Waals surface area contributed by atoms with E-state index >= 15 is 0 Å². The van der Waals surface area contributed by atoms with Crippen LogP contribution >= 0.6 is 0 Å². The van der Waals surface area contributed by atoms with Crippen molar-refractivity contribution < 1.29 is 0 Å². The van der Waals surface area contributed by atoms with Crippen LogP contribution in [-0.4, -0.2) is 0 Å². The van der Waals surface area contributed by atoms with Gasteiger partial charge in [-0.3, -0.25) is 0 Å². The van der Waals surface area contributed by atoms with Crippen LogP contribution in [-0.2, 0) is 0 Å². The Bertz CT molecular complexity index is 216. The molecule has 1 aliphatic carbocycles. The number of allylic oxidation sites excluding steroid dienone is 7. The largest absolute Gasteiger partial charge is 0.0952 e. The quantitative estimate of drug-likeness (QED) is 0.524. The molecule has 11 heavy (non-hydrogen) atoms. The molecule has 0 fully saturated rings. The lowest BCUT2D eigenvalue weighted by Crippen LogP contribution is -1.98. The second-order valence-electron chi connectivity index (χ2n) is 2.73. The van der Waals surface area contributed by atoms with Crippen LogP contribution in [0.4, 0.5) is 0 Å². The van der Waals surface area contributed by atoms with Crippen LogP contribution in [0.1, 0.15) is 13.3 Å². The van der Waals surface area contributed by atoms with Gasteiger partial charge in [-0.25, -0.2) is 0 Å². The van der Waals surface area contributed by atoms with Crippen LogP contribution in [0.5, 0.6) is 0 Å². The van der Waals surface area contributed by atoms with Crippen LogP contribution in [0.2, 0.25) is 0 Å². The zero-order valence-corrected chi connectivity index (χ0v) is 6.96. The van der Waals surface area contributed by atoms with Gasteiger partial charge < -0.3 is 0 Å². The van der Waals surface area contributed by atoms with Crippen LogP contribution in [0, 0.1) is 5.92 Å². The van der Waals surface area contributed by atoms with E-state index in [9.17, 15) is 0 Å². The summed E-state index contributed by atoms with van der Waals surface area (Å²) in [7, 11) is 0. The topological polar surface area (TPSA) is 0 Å². The summed E-state index contributed by atoms with van der Waals surface area (Å²) >= 11 is 0. The maximum absolute atomic E-state index is 4.00. The molecule has 0 aromatic rings. The highest BCUT2D eigenvalue weighted by Crippen LogP contribution is 2.19. The molecular formula is C11H14. The molecular weight excluding hydrogens is 132 g/mol. The first kappa shape index (κ1) is 8.06. The van der Waals surface area contributed by atoms with Crippen molar-refractivity contribution in [2.24, 2.45) is 5.92 Å². The van der Waals surface area contributed by atoms with Crippen molar-refractivity contribution in [2.45, 2.75) is 13.3 Å². The zero-order valence-electron chi connectivity index (χ0n) is 6.96.